The smallest absolute Gasteiger partial charge is 0.278 e. The van der Waals surface area contributed by atoms with Gasteiger partial charge in [-0.2, -0.15) is 4.98 Å². The van der Waals surface area contributed by atoms with Crippen LogP contribution in [-0.4, -0.2) is 32.2 Å². The summed E-state index contributed by atoms with van der Waals surface area (Å²) in [6.07, 6.45) is 4.01. The maximum atomic E-state index is 11.0. The fraction of sp³-hybridized carbons (Fsp3) is 0.235. The van der Waals surface area contributed by atoms with Crippen LogP contribution in [0, 0.1) is 6.92 Å². The highest BCUT2D eigenvalue weighted by molar-refractivity contribution is 5.69. The molecule has 0 unspecified atom stereocenters. The van der Waals surface area contributed by atoms with Gasteiger partial charge < -0.3 is 20.6 Å². The Kier molecular flexibility index (Phi) is 6.74. The zero-order chi connectivity index (χ0) is 17.7. The van der Waals surface area contributed by atoms with Gasteiger partial charge in [-0.05, 0) is 30.5 Å². The number of hydrogen-bond acceptors (Lipinski definition) is 6. The van der Waals surface area contributed by atoms with Crippen LogP contribution in [0.1, 0.15) is 18.6 Å². The Hall–Kier alpha value is -3.29. The van der Waals surface area contributed by atoms with Crippen molar-refractivity contribution in [2.24, 2.45) is 0 Å². The average molecular weight is 345 g/mol. The number of ether oxygens (including phenoxy) is 1. The topological polar surface area (TPSA) is 130 Å². The Morgan fingerprint density at radius 1 is 1.44 bits per heavy atom. The minimum absolute atomic E-state index is 0. The SMILES string of the molecule is C.C=CCc1cc(C)c(O)c(OC)c1.Nc1nc2nc[nH]c2c(=O)[nH]1. The lowest BCUT2D eigenvalue weighted by Gasteiger charge is -2.08. The van der Waals surface area contributed by atoms with E-state index in [1.54, 1.807) is 7.11 Å². The number of phenols is 1. The molecule has 0 aliphatic carbocycles. The largest absolute Gasteiger partial charge is 0.504 e. The predicted octanol–water partition coefficient (Wildman–Crippen LogP) is 2.30. The lowest BCUT2D eigenvalue weighted by atomic mass is 10.1. The molecule has 0 saturated heterocycles. The van der Waals surface area contributed by atoms with E-state index in [4.69, 9.17) is 10.5 Å². The van der Waals surface area contributed by atoms with Crippen LogP contribution in [0.2, 0.25) is 0 Å². The van der Waals surface area contributed by atoms with Gasteiger partial charge in [-0.15, -0.1) is 6.58 Å². The Balaban J connectivity index is 0.000000243. The number of phenolic OH excluding ortho intramolecular Hbond substituents is 1. The quantitative estimate of drug-likeness (QED) is 0.539. The number of aromatic amines is 2. The molecule has 0 saturated carbocycles. The van der Waals surface area contributed by atoms with E-state index < -0.39 is 0 Å². The molecule has 25 heavy (non-hydrogen) atoms. The third kappa shape index (κ3) is 4.60. The minimum Gasteiger partial charge on any atom is -0.504 e. The van der Waals surface area contributed by atoms with Gasteiger partial charge in [0.1, 0.15) is 0 Å². The number of nitrogens with one attached hydrogen (secondary N) is 2. The Labute approximate surface area is 145 Å². The van der Waals surface area contributed by atoms with Gasteiger partial charge in [-0.1, -0.05) is 19.6 Å². The van der Waals surface area contributed by atoms with Gasteiger partial charge in [-0.25, -0.2) is 4.98 Å². The molecule has 3 rings (SSSR count). The number of hydrogen-bond donors (Lipinski definition) is 4. The molecule has 134 valence electrons. The molecule has 0 fully saturated rings. The summed E-state index contributed by atoms with van der Waals surface area (Å²) in [7, 11) is 1.55. The van der Waals surface area contributed by atoms with Crippen molar-refractivity contribution >= 4 is 17.1 Å². The molecule has 0 amide bonds. The maximum absolute atomic E-state index is 11.0. The van der Waals surface area contributed by atoms with Crippen LogP contribution in [0.15, 0.2) is 35.9 Å². The molecule has 0 bridgehead atoms. The zero-order valence-corrected chi connectivity index (χ0v) is 13.5. The summed E-state index contributed by atoms with van der Waals surface area (Å²) in [5, 5.41) is 9.54. The number of methoxy groups -OCH3 is 1. The first-order valence-corrected chi connectivity index (χ1v) is 7.12. The van der Waals surface area contributed by atoms with E-state index in [0.717, 1.165) is 17.5 Å². The molecule has 0 atom stereocenters. The average Bonchev–Trinajstić information content (AvgIpc) is 3.00. The number of aromatic nitrogens is 4. The number of imidazole rings is 1. The molecule has 8 nitrogen and oxygen atoms in total. The lowest BCUT2D eigenvalue weighted by Crippen LogP contribution is -2.10. The number of nitrogen functional groups attached to an aromatic ring is 1. The Morgan fingerprint density at radius 2 is 2.16 bits per heavy atom. The van der Waals surface area contributed by atoms with E-state index in [2.05, 4.69) is 26.5 Å². The summed E-state index contributed by atoms with van der Waals surface area (Å²) in [5.74, 6) is 0.821. The molecule has 3 aromatic rings. The van der Waals surface area contributed by atoms with Crippen molar-refractivity contribution in [3.8, 4) is 11.5 Å². The fourth-order valence-corrected chi connectivity index (χ4v) is 2.12. The van der Waals surface area contributed by atoms with E-state index in [9.17, 15) is 9.90 Å². The highest BCUT2D eigenvalue weighted by atomic mass is 16.5. The molecule has 1 aromatic carbocycles. The number of allylic oxidation sites excluding steroid dienone is 1. The number of rotatable bonds is 3. The van der Waals surface area contributed by atoms with Crippen LogP contribution in [0.25, 0.3) is 11.2 Å². The highest BCUT2D eigenvalue weighted by Gasteiger charge is 2.06. The van der Waals surface area contributed by atoms with Crippen molar-refractivity contribution in [3.05, 3.63) is 52.6 Å². The third-order valence-corrected chi connectivity index (χ3v) is 3.24. The first kappa shape index (κ1) is 19.8. The fourth-order valence-electron chi connectivity index (χ4n) is 2.12. The van der Waals surface area contributed by atoms with Gasteiger partial charge in [0.25, 0.3) is 5.56 Å². The van der Waals surface area contributed by atoms with Crippen molar-refractivity contribution in [1.29, 1.82) is 0 Å². The number of nitrogens with two attached hydrogens (primary N) is 1. The van der Waals surface area contributed by atoms with Crippen molar-refractivity contribution in [2.45, 2.75) is 20.8 Å². The van der Waals surface area contributed by atoms with Gasteiger partial charge in [0, 0.05) is 0 Å². The number of anilines is 1. The number of nitrogens with zero attached hydrogens (tertiary/aromatic N) is 2. The van der Waals surface area contributed by atoms with E-state index in [-0.39, 0.29) is 24.7 Å². The van der Waals surface area contributed by atoms with Crippen molar-refractivity contribution in [3.63, 3.8) is 0 Å². The maximum Gasteiger partial charge on any atom is 0.278 e. The molecule has 0 radical (unpaired) electrons. The number of aryl methyl sites for hydroxylation is 1. The van der Waals surface area contributed by atoms with Gasteiger partial charge >= 0.3 is 0 Å². The van der Waals surface area contributed by atoms with Crippen LogP contribution in [-0.2, 0) is 6.42 Å². The van der Waals surface area contributed by atoms with Crippen molar-refractivity contribution in [2.75, 3.05) is 12.8 Å². The number of aromatic hydroxyl groups is 1. The summed E-state index contributed by atoms with van der Waals surface area (Å²) < 4.78 is 5.03. The van der Waals surface area contributed by atoms with E-state index >= 15 is 0 Å². The highest BCUT2D eigenvalue weighted by Crippen LogP contribution is 2.30. The standard InChI is InChI=1S/C11H14O2.C5H5N5O.CH4/c1-4-5-9-6-8(2)11(12)10(7-9)13-3;6-5-9-3-2(4(11)10-5)7-1-8-3;/h4,6-7,12H,1,5H2,2-3H3;1H,(H4,6,7,8,9,10,11);1H4. The predicted molar refractivity (Wildman–Crippen MR) is 98.9 cm³/mol. The third-order valence-electron chi connectivity index (χ3n) is 3.24. The second-order valence-corrected chi connectivity index (χ2v) is 5.01. The Morgan fingerprint density at radius 3 is 2.80 bits per heavy atom. The molecule has 0 aliphatic heterocycles. The second-order valence-electron chi connectivity index (χ2n) is 5.01. The molecular weight excluding hydrogens is 322 g/mol. The van der Waals surface area contributed by atoms with Crippen molar-refractivity contribution in [1.82, 2.24) is 19.9 Å². The van der Waals surface area contributed by atoms with Crippen LogP contribution in [0.4, 0.5) is 5.95 Å². The first-order valence-electron chi connectivity index (χ1n) is 7.12. The number of H-pyrrole nitrogens is 2. The summed E-state index contributed by atoms with van der Waals surface area (Å²) >= 11 is 0. The van der Waals surface area contributed by atoms with Gasteiger partial charge in [0.2, 0.25) is 5.95 Å². The molecule has 8 heteroatoms. The summed E-state index contributed by atoms with van der Waals surface area (Å²) in [5.41, 5.74) is 7.58. The molecule has 0 spiro atoms. The zero-order valence-electron chi connectivity index (χ0n) is 13.5. The van der Waals surface area contributed by atoms with Gasteiger partial charge in [0.15, 0.2) is 22.7 Å². The van der Waals surface area contributed by atoms with Gasteiger partial charge in [-0.3, -0.25) is 9.78 Å². The van der Waals surface area contributed by atoms with Crippen LogP contribution >= 0.6 is 0 Å². The summed E-state index contributed by atoms with van der Waals surface area (Å²) in [4.78, 5) is 23.5. The second kappa shape index (κ2) is 8.53. The summed E-state index contributed by atoms with van der Waals surface area (Å²) in [6, 6.07) is 3.75. The van der Waals surface area contributed by atoms with E-state index in [1.807, 2.05) is 25.1 Å². The Bertz CT molecular complexity index is 914. The van der Waals surface area contributed by atoms with Crippen LogP contribution in [0.3, 0.4) is 0 Å². The van der Waals surface area contributed by atoms with Gasteiger partial charge in [0.05, 0.1) is 13.4 Å². The van der Waals surface area contributed by atoms with Crippen LogP contribution in [0.5, 0.6) is 11.5 Å². The number of benzene rings is 1. The molecular formula is C17H23N5O3. The van der Waals surface area contributed by atoms with Crippen LogP contribution < -0.4 is 16.0 Å². The minimum atomic E-state index is -0.301. The van der Waals surface area contributed by atoms with E-state index in [1.165, 1.54) is 6.33 Å². The first-order chi connectivity index (χ1) is 11.5. The molecule has 5 N–H and O–H groups in total. The lowest BCUT2D eigenvalue weighted by molar-refractivity contribution is 0.371. The monoisotopic (exact) mass is 345 g/mol. The van der Waals surface area contributed by atoms with Crippen molar-refractivity contribution < 1.29 is 9.84 Å². The molecule has 2 heterocycles. The normalized spacial score (nSPS) is 9.68. The summed E-state index contributed by atoms with van der Waals surface area (Å²) in [6.45, 7) is 5.51. The molecule has 2 aromatic heterocycles. The number of fused-ring (bicyclic) bond motifs is 1. The van der Waals surface area contributed by atoms with E-state index in [0.29, 0.717) is 16.9 Å². The molecule has 0 aliphatic rings.